The van der Waals surface area contributed by atoms with Crippen LogP contribution in [0.25, 0.3) is 0 Å². The third-order valence-corrected chi connectivity index (χ3v) is 6.37. The van der Waals surface area contributed by atoms with E-state index in [9.17, 15) is 9.59 Å². The maximum absolute atomic E-state index is 12.2. The van der Waals surface area contributed by atoms with E-state index in [1.807, 2.05) is 0 Å². The molecule has 6 nitrogen and oxygen atoms in total. The van der Waals surface area contributed by atoms with E-state index in [0.29, 0.717) is 37.8 Å². The minimum absolute atomic E-state index is 0.0991. The van der Waals surface area contributed by atoms with Crippen molar-refractivity contribution in [2.75, 3.05) is 26.3 Å². The van der Waals surface area contributed by atoms with Crippen LogP contribution in [0.1, 0.15) is 96.3 Å². The maximum Gasteiger partial charge on any atom is 0.246 e. The Morgan fingerprint density at radius 1 is 0.710 bits per heavy atom. The van der Waals surface area contributed by atoms with E-state index in [1.165, 1.54) is 64.2 Å². The molecule has 0 unspecified atom stereocenters. The van der Waals surface area contributed by atoms with Crippen molar-refractivity contribution >= 4 is 11.8 Å². The van der Waals surface area contributed by atoms with Gasteiger partial charge < -0.3 is 20.1 Å². The summed E-state index contributed by atoms with van der Waals surface area (Å²) in [5.41, 5.74) is 0.479. The van der Waals surface area contributed by atoms with Crippen molar-refractivity contribution in [3.8, 4) is 0 Å². The van der Waals surface area contributed by atoms with Crippen LogP contribution in [0, 0.1) is 0 Å². The Kier molecular flexibility index (Phi) is 13.6. The average Bonchev–Trinajstić information content (AvgIpc) is 2.71. The Morgan fingerprint density at radius 3 is 1.81 bits per heavy atom. The van der Waals surface area contributed by atoms with Gasteiger partial charge in [-0.15, -0.1) is 0 Å². The summed E-state index contributed by atoms with van der Waals surface area (Å²) in [5, 5.41) is 5.69. The highest BCUT2D eigenvalue weighted by Crippen LogP contribution is 2.20. The van der Waals surface area contributed by atoms with Crippen LogP contribution in [0.15, 0.2) is 12.2 Å². The molecule has 2 aliphatic rings. The molecule has 2 rings (SSSR count). The quantitative estimate of drug-likeness (QED) is 0.371. The summed E-state index contributed by atoms with van der Waals surface area (Å²) >= 11 is 0. The molecule has 0 spiro atoms. The second-order valence-corrected chi connectivity index (χ2v) is 9.08. The number of amides is 2. The first-order chi connectivity index (χ1) is 15.1. The number of ether oxygens (including phenoxy) is 2. The SMILES string of the molecule is C=C(CCNC(=O)COC1CCCCCCC1)C(=O)NCCOC1CCCCCCC1. The number of hydrogen-bond donors (Lipinski definition) is 2. The van der Waals surface area contributed by atoms with Crippen molar-refractivity contribution in [3.05, 3.63) is 12.2 Å². The van der Waals surface area contributed by atoms with Crippen LogP contribution in [-0.2, 0) is 19.1 Å². The Morgan fingerprint density at radius 2 is 1.23 bits per heavy atom. The molecule has 0 bridgehead atoms. The lowest BCUT2D eigenvalue weighted by Crippen LogP contribution is -2.33. The molecule has 0 aromatic carbocycles. The Labute approximate surface area is 188 Å². The zero-order chi connectivity index (χ0) is 22.2. The Hall–Kier alpha value is -1.40. The summed E-state index contributed by atoms with van der Waals surface area (Å²) in [6.45, 7) is 5.38. The molecule has 0 saturated heterocycles. The molecule has 2 saturated carbocycles. The molecule has 6 heteroatoms. The fraction of sp³-hybridized carbons (Fsp3) is 0.840. The van der Waals surface area contributed by atoms with Crippen LogP contribution in [0.3, 0.4) is 0 Å². The van der Waals surface area contributed by atoms with Gasteiger partial charge in [0.05, 0.1) is 18.8 Å². The molecule has 0 heterocycles. The minimum Gasteiger partial charge on any atom is -0.376 e. The van der Waals surface area contributed by atoms with Gasteiger partial charge in [0, 0.05) is 18.7 Å². The van der Waals surface area contributed by atoms with Crippen molar-refractivity contribution < 1.29 is 19.1 Å². The predicted molar refractivity (Wildman–Crippen MR) is 124 cm³/mol. The molecule has 2 aliphatic carbocycles. The molecule has 2 fully saturated rings. The number of rotatable bonds is 11. The van der Waals surface area contributed by atoms with Gasteiger partial charge in [0.15, 0.2) is 0 Å². The molecule has 0 aromatic heterocycles. The van der Waals surface area contributed by atoms with Crippen molar-refractivity contribution in [1.82, 2.24) is 10.6 Å². The van der Waals surface area contributed by atoms with E-state index < -0.39 is 0 Å². The van der Waals surface area contributed by atoms with Crippen molar-refractivity contribution in [1.29, 1.82) is 0 Å². The summed E-state index contributed by atoms with van der Waals surface area (Å²) < 4.78 is 11.7. The van der Waals surface area contributed by atoms with Gasteiger partial charge in [0.2, 0.25) is 11.8 Å². The summed E-state index contributed by atoms with van der Waals surface area (Å²) in [6.07, 6.45) is 18.0. The van der Waals surface area contributed by atoms with E-state index >= 15 is 0 Å². The normalized spacial score (nSPS) is 19.5. The molecule has 2 N–H and O–H groups in total. The van der Waals surface area contributed by atoms with Crippen LogP contribution >= 0.6 is 0 Å². The topological polar surface area (TPSA) is 76.7 Å². The van der Waals surface area contributed by atoms with Crippen molar-refractivity contribution in [2.45, 2.75) is 109 Å². The smallest absolute Gasteiger partial charge is 0.246 e. The highest BCUT2D eigenvalue weighted by atomic mass is 16.5. The number of hydrogen-bond acceptors (Lipinski definition) is 4. The molecule has 2 amide bonds. The van der Waals surface area contributed by atoms with Crippen LogP contribution in [0.5, 0.6) is 0 Å². The van der Waals surface area contributed by atoms with Crippen molar-refractivity contribution in [3.63, 3.8) is 0 Å². The average molecular weight is 437 g/mol. The van der Waals surface area contributed by atoms with Gasteiger partial charge in [-0.1, -0.05) is 70.8 Å². The lowest BCUT2D eigenvalue weighted by Gasteiger charge is -2.20. The lowest BCUT2D eigenvalue weighted by atomic mass is 9.99. The maximum atomic E-state index is 12.2. The zero-order valence-electron chi connectivity index (χ0n) is 19.4. The van der Waals surface area contributed by atoms with Gasteiger partial charge in [0.1, 0.15) is 6.61 Å². The van der Waals surface area contributed by atoms with Gasteiger partial charge in [0.25, 0.3) is 0 Å². The summed E-state index contributed by atoms with van der Waals surface area (Å²) in [5.74, 6) is -0.288. The molecule has 178 valence electrons. The van der Waals surface area contributed by atoms with Crippen LogP contribution in [0.2, 0.25) is 0 Å². The molecule has 0 atom stereocenters. The molecule has 0 radical (unpaired) electrons. The number of carbonyl (C=O) groups excluding carboxylic acids is 2. The second kappa shape index (κ2) is 16.3. The first-order valence-corrected chi connectivity index (χ1v) is 12.6. The number of nitrogens with one attached hydrogen (secondary N) is 2. The summed E-state index contributed by atoms with van der Waals surface area (Å²) in [7, 11) is 0. The van der Waals surface area contributed by atoms with E-state index in [2.05, 4.69) is 17.2 Å². The van der Waals surface area contributed by atoms with E-state index in [1.54, 1.807) is 0 Å². The summed E-state index contributed by atoms with van der Waals surface area (Å²) in [6, 6.07) is 0. The summed E-state index contributed by atoms with van der Waals surface area (Å²) in [4.78, 5) is 24.2. The van der Waals surface area contributed by atoms with Crippen LogP contribution in [0.4, 0.5) is 0 Å². The van der Waals surface area contributed by atoms with Crippen LogP contribution in [-0.4, -0.2) is 50.3 Å². The fourth-order valence-electron chi connectivity index (χ4n) is 4.40. The lowest BCUT2D eigenvalue weighted by molar-refractivity contribution is -0.128. The van der Waals surface area contributed by atoms with E-state index in [-0.39, 0.29) is 24.5 Å². The predicted octanol–water partition coefficient (Wildman–Crippen LogP) is 4.42. The van der Waals surface area contributed by atoms with Gasteiger partial charge >= 0.3 is 0 Å². The second-order valence-electron chi connectivity index (χ2n) is 9.08. The zero-order valence-corrected chi connectivity index (χ0v) is 19.4. The molecular weight excluding hydrogens is 392 g/mol. The van der Waals surface area contributed by atoms with E-state index in [4.69, 9.17) is 9.47 Å². The monoisotopic (exact) mass is 436 g/mol. The Bertz CT molecular complexity index is 522. The van der Waals surface area contributed by atoms with Gasteiger partial charge in [-0.05, 0) is 32.1 Å². The largest absolute Gasteiger partial charge is 0.376 e. The standard InChI is InChI=1S/C25H44N2O4/c1-21(25(29)27-18-19-30-22-12-8-4-2-5-9-13-22)16-17-26-24(28)20-31-23-14-10-6-3-7-11-15-23/h22-23H,1-20H2,(H,26,28)(H,27,29). The van der Waals surface area contributed by atoms with E-state index in [0.717, 1.165) is 25.7 Å². The fourth-order valence-corrected chi connectivity index (χ4v) is 4.40. The molecule has 0 aliphatic heterocycles. The van der Waals surface area contributed by atoms with Gasteiger partial charge in [-0.3, -0.25) is 9.59 Å². The molecular formula is C25H44N2O4. The van der Waals surface area contributed by atoms with Crippen LogP contribution < -0.4 is 10.6 Å². The first-order valence-electron chi connectivity index (χ1n) is 12.6. The first kappa shape index (κ1) is 25.9. The molecule has 31 heavy (non-hydrogen) atoms. The Balaban J connectivity index is 1.48. The third kappa shape index (κ3) is 12.3. The van der Waals surface area contributed by atoms with Crippen molar-refractivity contribution in [2.24, 2.45) is 0 Å². The van der Waals surface area contributed by atoms with Gasteiger partial charge in [-0.2, -0.15) is 0 Å². The highest BCUT2D eigenvalue weighted by molar-refractivity contribution is 5.92. The molecule has 0 aromatic rings. The number of carbonyl (C=O) groups is 2. The third-order valence-electron chi connectivity index (χ3n) is 6.37. The van der Waals surface area contributed by atoms with Gasteiger partial charge in [-0.25, -0.2) is 0 Å². The minimum atomic E-state index is -0.165. The highest BCUT2D eigenvalue weighted by Gasteiger charge is 2.14.